The first-order chi connectivity index (χ1) is 10.5. The zero-order valence-electron chi connectivity index (χ0n) is 15.3. The Morgan fingerprint density at radius 1 is 1.30 bits per heavy atom. The van der Waals surface area contributed by atoms with E-state index in [-0.39, 0.29) is 18.1 Å². The van der Waals surface area contributed by atoms with Gasteiger partial charge in [-0.25, -0.2) is 4.99 Å². The molecule has 1 amide bonds. The Kier molecular flexibility index (Phi) is 6.17. The highest BCUT2D eigenvalue weighted by Crippen LogP contribution is 2.36. The topological polar surface area (TPSA) is 73.7 Å². The number of rotatable bonds is 8. The van der Waals surface area contributed by atoms with Crippen LogP contribution < -0.4 is 10.6 Å². The van der Waals surface area contributed by atoms with E-state index in [1.165, 1.54) is 0 Å². The normalized spacial score (nSPS) is 17.0. The van der Waals surface area contributed by atoms with Crippen LogP contribution in [0.3, 0.4) is 0 Å². The number of carbonyl (C=O) groups is 1. The van der Waals surface area contributed by atoms with Crippen molar-refractivity contribution in [1.29, 1.82) is 0 Å². The lowest BCUT2D eigenvalue weighted by Crippen LogP contribution is -2.45. The maximum absolute atomic E-state index is 12.7. The number of amides is 1. The SMILES string of the molecule is C=N/C(NC1(C)CC1)=C(\C)C(C(=O)NC(C)(C)CCO)=C(C)C. The van der Waals surface area contributed by atoms with Crippen LogP contribution in [0.1, 0.15) is 60.8 Å². The molecule has 1 fully saturated rings. The Balaban J connectivity index is 3.08. The molecule has 0 radical (unpaired) electrons. The summed E-state index contributed by atoms with van der Waals surface area (Å²) in [6.07, 6.45) is 2.69. The van der Waals surface area contributed by atoms with Crippen LogP contribution in [0.15, 0.2) is 27.5 Å². The molecule has 3 N–H and O–H groups in total. The molecule has 0 aromatic rings. The summed E-state index contributed by atoms with van der Waals surface area (Å²) in [5.41, 5.74) is 1.94. The van der Waals surface area contributed by atoms with E-state index in [4.69, 9.17) is 5.11 Å². The first kappa shape index (κ1) is 19.4. The second kappa shape index (κ2) is 7.30. The predicted octanol–water partition coefficient (Wildman–Crippen LogP) is 2.67. The van der Waals surface area contributed by atoms with Crippen LogP contribution in [0.4, 0.5) is 0 Å². The summed E-state index contributed by atoms with van der Waals surface area (Å²) in [7, 11) is 0. The summed E-state index contributed by atoms with van der Waals surface area (Å²) < 4.78 is 0. The number of aliphatic hydroxyl groups is 1. The smallest absolute Gasteiger partial charge is 0.252 e. The van der Waals surface area contributed by atoms with Gasteiger partial charge in [0.05, 0.1) is 0 Å². The molecule has 1 aliphatic rings. The van der Waals surface area contributed by atoms with Crippen molar-refractivity contribution >= 4 is 12.6 Å². The molecule has 0 aliphatic heterocycles. The Hall–Kier alpha value is -1.62. The molecule has 5 heteroatoms. The number of aliphatic imine (C=N–C) groups is 1. The number of carbonyl (C=O) groups excluding carboxylic acids is 1. The van der Waals surface area contributed by atoms with Gasteiger partial charge >= 0.3 is 0 Å². The van der Waals surface area contributed by atoms with Gasteiger partial charge in [0.15, 0.2) is 0 Å². The molecular weight excluding hydrogens is 290 g/mol. The van der Waals surface area contributed by atoms with E-state index in [0.717, 1.165) is 24.0 Å². The van der Waals surface area contributed by atoms with Gasteiger partial charge in [0.2, 0.25) is 0 Å². The van der Waals surface area contributed by atoms with E-state index in [0.29, 0.717) is 17.8 Å². The van der Waals surface area contributed by atoms with Crippen LogP contribution in [-0.2, 0) is 4.79 Å². The van der Waals surface area contributed by atoms with E-state index in [9.17, 15) is 4.79 Å². The van der Waals surface area contributed by atoms with Gasteiger partial charge in [0.1, 0.15) is 5.82 Å². The average molecular weight is 321 g/mol. The third-order valence-corrected chi connectivity index (χ3v) is 4.22. The van der Waals surface area contributed by atoms with Gasteiger partial charge < -0.3 is 15.7 Å². The summed E-state index contributed by atoms with van der Waals surface area (Å²) in [6, 6.07) is 0. The minimum absolute atomic E-state index is 0.0334. The highest BCUT2D eigenvalue weighted by molar-refractivity contribution is 5.98. The largest absolute Gasteiger partial charge is 0.396 e. The van der Waals surface area contributed by atoms with Crippen LogP contribution in [-0.4, -0.2) is 35.4 Å². The second-order valence-corrected chi connectivity index (χ2v) is 7.50. The lowest BCUT2D eigenvalue weighted by atomic mass is 9.97. The Bertz CT molecular complexity index is 536. The molecule has 0 unspecified atom stereocenters. The zero-order valence-corrected chi connectivity index (χ0v) is 15.3. The Labute approximate surface area is 140 Å². The average Bonchev–Trinajstić information content (AvgIpc) is 3.12. The van der Waals surface area contributed by atoms with Gasteiger partial charge in [-0.15, -0.1) is 0 Å². The van der Waals surface area contributed by atoms with Crippen molar-refractivity contribution in [3.05, 3.63) is 22.5 Å². The van der Waals surface area contributed by atoms with Gasteiger partial charge in [0.25, 0.3) is 5.91 Å². The van der Waals surface area contributed by atoms with E-state index < -0.39 is 5.54 Å². The minimum Gasteiger partial charge on any atom is -0.396 e. The molecular formula is C18H31N3O2. The van der Waals surface area contributed by atoms with Crippen LogP contribution >= 0.6 is 0 Å². The van der Waals surface area contributed by atoms with Crippen LogP contribution in [0, 0.1) is 0 Å². The van der Waals surface area contributed by atoms with Crippen molar-refractivity contribution in [1.82, 2.24) is 10.6 Å². The van der Waals surface area contributed by atoms with E-state index in [2.05, 4.69) is 29.3 Å². The van der Waals surface area contributed by atoms with Gasteiger partial charge in [-0.1, -0.05) is 5.57 Å². The Morgan fingerprint density at radius 2 is 1.87 bits per heavy atom. The molecule has 23 heavy (non-hydrogen) atoms. The lowest BCUT2D eigenvalue weighted by molar-refractivity contribution is -0.119. The van der Waals surface area contributed by atoms with Crippen molar-refractivity contribution in [2.24, 2.45) is 4.99 Å². The molecule has 5 nitrogen and oxygen atoms in total. The van der Waals surface area contributed by atoms with Gasteiger partial charge in [-0.05, 0) is 67.5 Å². The fraction of sp³-hybridized carbons (Fsp3) is 0.667. The van der Waals surface area contributed by atoms with Crippen LogP contribution in [0.25, 0.3) is 0 Å². The summed E-state index contributed by atoms with van der Waals surface area (Å²) in [4.78, 5) is 16.8. The predicted molar refractivity (Wildman–Crippen MR) is 95.3 cm³/mol. The summed E-state index contributed by atoms with van der Waals surface area (Å²) in [5.74, 6) is 0.515. The van der Waals surface area contributed by atoms with Crippen molar-refractivity contribution in [2.75, 3.05) is 6.61 Å². The van der Waals surface area contributed by atoms with Crippen LogP contribution in [0.5, 0.6) is 0 Å². The van der Waals surface area contributed by atoms with Crippen molar-refractivity contribution in [2.45, 2.75) is 71.9 Å². The minimum atomic E-state index is -0.468. The molecule has 0 spiro atoms. The van der Waals surface area contributed by atoms with Crippen molar-refractivity contribution < 1.29 is 9.90 Å². The fourth-order valence-corrected chi connectivity index (χ4v) is 2.45. The maximum Gasteiger partial charge on any atom is 0.252 e. The number of allylic oxidation sites excluding steroid dienone is 1. The molecule has 0 atom stereocenters. The Morgan fingerprint density at radius 3 is 2.26 bits per heavy atom. The van der Waals surface area contributed by atoms with E-state index in [1.54, 1.807) is 0 Å². The van der Waals surface area contributed by atoms with Gasteiger partial charge in [-0.3, -0.25) is 4.79 Å². The number of hydrogen-bond donors (Lipinski definition) is 3. The summed E-state index contributed by atoms with van der Waals surface area (Å²) in [5, 5.41) is 15.5. The standard InChI is InChI=1S/C18H31N3O2/c1-12(2)14(16(23)21-17(4,5)10-11-22)13(3)15(19-7)20-18(6)8-9-18/h20,22H,7-11H2,1-6H3,(H,21,23)/b15-13-. The monoisotopic (exact) mass is 321 g/mol. The molecule has 1 saturated carbocycles. The zero-order chi connectivity index (χ0) is 17.8. The molecule has 0 saturated heterocycles. The summed E-state index contributed by atoms with van der Waals surface area (Å²) in [6.45, 7) is 15.3. The maximum atomic E-state index is 12.7. The molecule has 0 heterocycles. The van der Waals surface area contributed by atoms with Crippen molar-refractivity contribution in [3.8, 4) is 0 Å². The van der Waals surface area contributed by atoms with Gasteiger partial charge in [0, 0.05) is 28.8 Å². The third kappa shape index (κ3) is 5.50. The molecule has 0 bridgehead atoms. The fourth-order valence-electron chi connectivity index (χ4n) is 2.45. The molecule has 1 aliphatic carbocycles. The molecule has 1 rings (SSSR count). The van der Waals surface area contributed by atoms with E-state index in [1.807, 2.05) is 34.6 Å². The van der Waals surface area contributed by atoms with Crippen LogP contribution in [0.2, 0.25) is 0 Å². The highest BCUT2D eigenvalue weighted by atomic mass is 16.3. The summed E-state index contributed by atoms with van der Waals surface area (Å²) >= 11 is 0. The number of nitrogens with one attached hydrogen (secondary N) is 2. The molecule has 0 aromatic heterocycles. The second-order valence-electron chi connectivity index (χ2n) is 7.50. The number of nitrogens with zero attached hydrogens (tertiary/aromatic N) is 1. The van der Waals surface area contributed by atoms with Gasteiger partial charge in [-0.2, -0.15) is 0 Å². The van der Waals surface area contributed by atoms with E-state index >= 15 is 0 Å². The quantitative estimate of drug-likeness (QED) is 0.365. The first-order valence-electron chi connectivity index (χ1n) is 8.12. The number of hydrogen-bond acceptors (Lipinski definition) is 4. The third-order valence-electron chi connectivity index (χ3n) is 4.22. The molecule has 0 aromatic carbocycles. The lowest BCUT2D eigenvalue weighted by Gasteiger charge is -2.27. The molecule has 130 valence electrons. The highest BCUT2D eigenvalue weighted by Gasteiger charge is 2.38. The van der Waals surface area contributed by atoms with Crippen molar-refractivity contribution in [3.63, 3.8) is 0 Å². The first-order valence-corrected chi connectivity index (χ1v) is 8.12. The number of aliphatic hydroxyl groups excluding tert-OH is 1.